The SMILES string of the molecule is CC[C@@H]1CC[C@@H](F)c2nccc(Cl)c21. The van der Waals surface area contributed by atoms with Crippen molar-refractivity contribution in [1.29, 1.82) is 0 Å². The Balaban J connectivity index is 2.51. The van der Waals surface area contributed by atoms with Crippen LogP contribution in [0, 0.1) is 0 Å². The summed E-state index contributed by atoms with van der Waals surface area (Å²) in [6.07, 6.45) is 3.14. The molecule has 0 N–H and O–H groups in total. The van der Waals surface area contributed by atoms with Gasteiger partial charge in [0.2, 0.25) is 0 Å². The largest absolute Gasteiger partial charge is 0.258 e. The van der Waals surface area contributed by atoms with E-state index in [1.54, 1.807) is 12.3 Å². The van der Waals surface area contributed by atoms with E-state index in [1.165, 1.54) is 0 Å². The van der Waals surface area contributed by atoms with E-state index in [1.807, 2.05) is 0 Å². The number of rotatable bonds is 1. The van der Waals surface area contributed by atoms with Gasteiger partial charge in [-0.05, 0) is 36.8 Å². The summed E-state index contributed by atoms with van der Waals surface area (Å²) in [6, 6.07) is 1.75. The molecule has 0 bridgehead atoms. The van der Waals surface area contributed by atoms with Crippen LogP contribution in [0.4, 0.5) is 4.39 Å². The van der Waals surface area contributed by atoms with Crippen LogP contribution in [0.1, 0.15) is 49.5 Å². The summed E-state index contributed by atoms with van der Waals surface area (Å²) in [5, 5.41) is 0.671. The second-order valence-electron chi connectivity index (χ2n) is 3.74. The summed E-state index contributed by atoms with van der Waals surface area (Å²) in [6.45, 7) is 2.11. The number of alkyl halides is 1. The highest BCUT2D eigenvalue weighted by Crippen LogP contribution is 2.42. The lowest BCUT2D eigenvalue weighted by Crippen LogP contribution is -2.13. The first-order valence-corrected chi connectivity index (χ1v) is 5.40. The van der Waals surface area contributed by atoms with Gasteiger partial charge in [-0.2, -0.15) is 0 Å². The Bertz CT molecular complexity index is 340. The fourth-order valence-electron chi connectivity index (χ4n) is 2.16. The third-order valence-electron chi connectivity index (χ3n) is 2.93. The third-order valence-corrected chi connectivity index (χ3v) is 3.26. The van der Waals surface area contributed by atoms with Crippen molar-refractivity contribution < 1.29 is 4.39 Å². The van der Waals surface area contributed by atoms with Gasteiger partial charge in [0.15, 0.2) is 0 Å². The molecule has 0 unspecified atom stereocenters. The molecule has 1 aliphatic rings. The van der Waals surface area contributed by atoms with Crippen LogP contribution in [0.15, 0.2) is 12.3 Å². The summed E-state index contributed by atoms with van der Waals surface area (Å²) in [5.41, 5.74) is 1.51. The Kier molecular flexibility index (Phi) is 2.73. The molecule has 0 aromatic carbocycles. The van der Waals surface area contributed by atoms with Crippen molar-refractivity contribution in [2.75, 3.05) is 0 Å². The molecule has 1 aromatic rings. The first-order valence-electron chi connectivity index (χ1n) is 5.02. The van der Waals surface area contributed by atoms with Crippen molar-refractivity contribution in [1.82, 2.24) is 4.98 Å². The quantitative estimate of drug-likeness (QED) is 0.686. The first-order chi connectivity index (χ1) is 6.74. The molecular weight excluding hydrogens is 201 g/mol. The Labute approximate surface area is 88.3 Å². The van der Waals surface area contributed by atoms with Crippen molar-refractivity contribution in [3.8, 4) is 0 Å². The average Bonchev–Trinajstić information content (AvgIpc) is 2.20. The van der Waals surface area contributed by atoms with E-state index >= 15 is 0 Å². The lowest BCUT2D eigenvalue weighted by atomic mass is 9.83. The van der Waals surface area contributed by atoms with E-state index in [9.17, 15) is 4.39 Å². The van der Waals surface area contributed by atoms with E-state index in [4.69, 9.17) is 11.6 Å². The van der Waals surface area contributed by atoms with Gasteiger partial charge in [-0.15, -0.1) is 0 Å². The molecule has 3 heteroatoms. The summed E-state index contributed by atoms with van der Waals surface area (Å²) in [7, 11) is 0. The summed E-state index contributed by atoms with van der Waals surface area (Å²) >= 11 is 6.07. The number of hydrogen-bond acceptors (Lipinski definition) is 1. The van der Waals surface area contributed by atoms with Crippen LogP contribution < -0.4 is 0 Å². The van der Waals surface area contributed by atoms with E-state index in [2.05, 4.69) is 11.9 Å². The number of pyridine rings is 1. The first kappa shape index (κ1) is 9.91. The maximum atomic E-state index is 13.5. The van der Waals surface area contributed by atoms with Gasteiger partial charge in [-0.25, -0.2) is 4.39 Å². The number of fused-ring (bicyclic) bond motifs is 1. The second-order valence-corrected chi connectivity index (χ2v) is 4.15. The van der Waals surface area contributed by atoms with Crippen LogP contribution >= 0.6 is 11.6 Å². The van der Waals surface area contributed by atoms with E-state index in [-0.39, 0.29) is 0 Å². The topological polar surface area (TPSA) is 12.9 Å². The molecule has 0 spiro atoms. The van der Waals surface area contributed by atoms with Crippen LogP contribution in [-0.4, -0.2) is 4.98 Å². The van der Waals surface area contributed by atoms with Crippen LogP contribution in [0.3, 0.4) is 0 Å². The predicted molar refractivity (Wildman–Crippen MR) is 55.4 cm³/mol. The zero-order valence-electron chi connectivity index (χ0n) is 8.13. The van der Waals surface area contributed by atoms with Gasteiger partial charge in [0, 0.05) is 11.2 Å². The van der Waals surface area contributed by atoms with Crippen molar-refractivity contribution in [3.05, 3.63) is 28.5 Å². The fourth-order valence-corrected chi connectivity index (χ4v) is 2.46. The molecule has 1 heterocycles. The molecule has 1 aromatic heterocycles. The van der Waals surface area contributed by atoms with Gasteiger partial charge in [-0.1, -0.05) is 18.5 Å². The molecule has 1 nitrogen and oxygen atoms in total. The predicted octanol–water partition coefficient (Wildman–Crippen LogP) is 4.03. The molecule has 2 rings (SSSR count). The van der Waals surface area contributed by atoms with Gasteiger partial charge in [0.05, 0.1) is 5.69 Å². The minimum absolute atomic E-state index is 0.387. The molecule has 76 valence electrons. The molecule has 0 amide bonds. The molecule has 0 radical (unpaired) electrons. The van der Waals surface area contributed by atoms with E-state index in [0.717, 1.165) is 18.4 Å². The van der Waals surface area contributed by atoms with Crippen LogP contribution in [0.2, 0.25) is 5.02 Å². The highest BCUT2D eigenvalue weighted by Gasteiger charge is 2.28. The van der Waals surface area contributed by atoms with E-state index < -0.39 is 6.17 Å². The summed E-state index contributed by atoms with van der Waals surface area (Å²) in [4.78, 5) is 4.10. The monoisotopic (exact) mass is 213 g/mol. The van der Waals surface area contributed by atoms with Gasteiger partial charge in [0.1, 0.15) is 6.17 Å². The lowest BCUT2D eigenvalue weighted by molar-refractivity contribution is 0.278. The zero-order valence-corrected chi connectivity index (χ0v) is 8.89. The molecule has 0 aliphatic heterocycles. The van der Waals surface area contributed by atoms with Crippen molar-refractivity contribution >= 4 is 11.6 Å². The maximum absolute atomic E-state index is 13.5. The Morgan fingerprint density at radius 2 is 2.36 bits per heavy atom. The maximum Gasteiger partial charge on any atom is 0.142 e. The minimum Gasteiger partial charge on any atom is -0.258 e. The Morgan fingerprint density at radius 1 is 1.57 bits per heavy atom. The molecule has 0 saturated heterocycles. The number of hydrogen-bond donors (Lipinski definition) is 0. The normalized spacial score (nSPS) is 25.9. The number of halogens is 2. The molecule has 14 heavy (non-hydrogen) atoms. The summed E-state index contributed by atoms with van der Waals surface area (Å²) in [5.74, 6) is 0.387. The lowest BCUT2D eigenvalue weighted by Gasteiger charge is -2.26. The Hall–Kier alpha value is -0.630. The van der Waals surface area contributed by atoms with Crippen molar-refractivity contribution in [3.63, 3.8) is 0 Å². The summed E-state index contributed by atoms with van der Waals surface area (Å²) < 4.78 is 13.5. The third kappa shape index (κ3) is 1.52. The van der Waals surface area contributed by atoms with Crippen LogP contribution in [0.25, 0.3) is 0 Å². The highest BCUT2D eigenvalue weighted by atomic mass is 35.5. The number of aromatic nitrogens is 1. The van der Waals surface area contributed by atoms with Crippen molar-refractivity contribution in [2.24, 2.45) is 0 Å². The molecule has 1 aliphatic carbocycles. The zero-order chi connectivity index (χ0) is 10.1. The molecular formula is C11H13ClFN. The van der Waals surface area contributed by atoms with Gasteiger partial charge in [-0.3, -0.25) is 4.98 Å². The average molecular weight is 214 g/mol. The van der Waals surface area contributed by atoms with E-state index in [0.29, 0.717) is 23.1 Å². The standard InChI is InChI=1S/C11H13ClFN/c1-2-7-3-4-9(13)11-10(7)8(12)5-6-14-11/h5-7,9H,2-4H2,1H3/t7-,9-/m1/s1. The smallest absolute Gasteiger partial charge is 0.142 e. The number of nitrogens with zero attached hydrogens (tertiary/aromatic N) is 1. The molecule has 0 fully saturated rings. The van der Waals surface area contributed by atoms with Gasteiger partial charge in [0.25, 0.3) is 0 Å². The second kappa shape index (κ2) is 3.85. The van der Waals surface area contributed by atoms with Crippen molar-refractivity contribution in [2.45, 2.75) is 38.3 Å². The highest BCUT2D eigenvalue weighted by molar-refractivity contribution is 6.31. The minimum atomic E-state index is -0.925. The molecule has 2 atom stereocenters. The fraction of sp³-hybridized carbons (Fsp3) is 0.545. The van der Waals surface area contributed by atoms with Gasteiger partial charge < -0.3 is 0 Å². The van der Waals surface area contributed by atoms with Crippen LogP contribution in [-0.2, 0) is 0 Å². The molecule has 0 saturated carbocycles. The Morgan fingerprint density at radius 3 is 3.07 bits per heavy atom. The van der Waals surface area contributed by atoms with Gasteiger partial charge >= 0.3 is 0 Å². The van der Waals surface area contributed by atoms with Crippen LogP contribution in [0.5, 0.6) is 0 Å².